The van der Waals surface area contributed by atoms with Gasteiger partial charge in [-0.2, -0.15) is 14.4 Å². The second-order valence-electron chi connectivity index (χ2n) is 8.96. The lowest BCUT2D eigenvalue weighted by Gasteiger charge is -2.29. The van der Waals surface area contributed by atoms with E-state index < -0.39 is 10.0 Å². The summed E-state index contributed by atoms with van der Waals surface area (Å²) in [5, 5.41) is 8.15. The number of piperidine rings is 1. The predicted molar refractivity (Wildman–Crippen MR) is 147 cm³/mol. The van der Waals surface area contributed by atoms with Crippen LogP contribution in [0.5, 0.6) is 0 Å². The number of anilines is 1. The Morgan fingerprint density at radius 3 is 2.58 bits per heavy atom. The van der Waals surface area contributed by atoms with Gasteiger partial charge >= 0.3 is 0 Å². The Labute approximate surface area is 218 Å². The number of benzene rings is 2. The maximum Gasteiger partial charge on any atom is 0.280 e. The van der Waals surface area contributed by atoms with Gasteiger partial charge < -0.3 is 0 Å². The van der Waals surface area contributed by atoms with Crippen molar-refractivity contribution in [3.63, 3.8) is 0 Å². The largest absolute Gasteiger partial charge is 0.280 e. The number of carbonyl (C=O) groups is 1. The smallest absolute Gasteiger partial charge is 0.267 e. The van der Waals surface area contributed by atoms with E-state index in [0.29, 0.717) is 29.7 Å². The molecule has 2 aromatic heterocycles. The van der Waals surface area contributed by atoms with Crippen LogP contribution in [-0.2, 0) is 10.0 Å². The van der Waals surface area contributed by atoms with Gasteiger partial charge in [-0.05, 0) is 79.1 Å². The summed E-state index contributed by atoms with van der Waals surface area (Å²) in [5.74, 6) is 0.151. The topological polar surface area (TPSA) is 82.9 Å². The molecule has 1 aliphatic rings. The number of amides is 1. The number of fused-ring (bicyclic) bond motifs is 1. The van der Waals surface area contributed by atoms with Gasteiger partial charge in [-0.25, -0.2) is 13.4 Å². The van der Waals surface area contributed by atoms with E-state index in [1.54, 1.807) is 18.3 Å². The van der Waals surface area contributed by atoms with E-state index in [0.717, 1.165) is 33.5 Å². The first-order valence-corrected chi connectivity index (χ1v) is 14.8. The van der Waals surface area contributed by atoms with Crippen LogP contribution in [0.25, 0.3) is 10.2 Å². The molecule has 4 aromatic rings. The van der Waals surface area contributed by atoms with Gasteiger partial charge in [0.15, 0.2) is 0 Å². The van der Waals surface area contributed by atoms with E-state index in [1.807, 2.05) is 42.6 Å². The monoisotopic (exact) mass is 538 g/mol. The Morgan fingerprint density at radius 1 is 1.14 bits per heavy atom. The van der Waals surface area contributed by atoms with Crippen molar-refractivity contribution in [2.75, 3.05) is 18.1 Å². The summed E-state index contributed by atoms with van der Waals surface area (Å²) in [7, 11) is -3.59. The molecule has 1 aliphatic heterocycles. The number of hydrogen-bond donors (Lipinski definition) is 0. The fourth-order valence-electron chi connectivity index (χ4n) is 4.04. The normalized spacial score (nSPS) is 15.6. The second-order valence-corrected chi connectivity index (χ2v) is 12.9. The molecular weight excluding hydrogens is 513 g/mol. The van der Waals surface area contributed by atoms with E-state index >= 15 is 0 Å². The molecule has 1 amide bonds. The molecule has 1 saturated heterocycles. The SMILES string of the molecule is Cc1ccc2nc(N(/N=C/c3cccs3)C(=O)c3ccc(S(=O)(=O)N4CCC(C)CC4)cc3)sc2c1. The molecule has 7 nitrogen and oxygen atoms in total. The number of hydrazone groups is 1. The molecular formula is C26H26N4O3S3. The maximum absolute atomic E-state index is 13.6. The standard InChI is InChI=1S/C26H26N4O3S3/c1-18-11-13-29(14-12-18)36(32,33)22-8-6-20(7-9-22)25(31)30(27-17-21-4-3-15-34-21)26-28-23-10-5-19(2)16-24(23)35-26/h3-10,15-18H,11-14H2,1-2H3/b27-17+. The number of rotatable bonds is 6. The molecule has 186 valence electrons. The van der Waals surface area contributed by atoms with Gasteiger partial charge in [0.25, 0.3) is 5.91 Å². The highest BCUT2D eigenvalue weighted by molar-refractivity contribution is 7.89. The molecule has 0 spiro atoms. The number of aromatic nitrogens is 1. The molecule has 0 aliphatic carbocycles. The average Bonchev–Trinajstić information content (AvgIpc) is 3.54. The van der Waals surface area contributed by atoms with Crippen LogP contribution in [0.15, 0.2) is 70.0 Å². The maximum atomic E-state index is 13.6. The van der Waals surface area contributed by atoms with Crippen LogP contribution in [0.2, 0.25) is 0 Å². The van der Waals surface area contributed by atoms with E-state index in [1.165, 1.54) is 44.1 Å². The van der Waals surface area contributed by atoms with Crippen molar-refractivity contribution in [2.45, 2.75) is 31.6 Å². The van der Waals surface area contributed by atoms with Crippen molar-refractivity contribution in [1.29, 1.82) is 0 Å². The highest BCUT2D eigenvalue weighted by atomic mass is 32.2. The molecule has 5 rings (SSSR count). The minimum Gasteiger partial charge on any atom is -0.267 e. The third-order valence-corrected chi connectivity index (χ3v) is 9.94. The van der Waals surface area contributed by atoms with Gasteiger partial charge in [-0.3, -0.25) is 4.79 Å². The Kier molecular flexibility index (Phi) is 7.03. The Bertz CT molecular complexity index is 1500. The minimum absolute atomic E-state index is 0.192. The Hall–Kier alpha value is -2.92. The zero-order chi connectivity index (χ0) is 25.3. The van der Waals surface area contributed by atoms with Crippen molar-refractivity contribution < 1.29 is 13.2 Å². The van der Waals surface area contributed by atoms with Crippen LogP contribution in [0, 0.1) is 12.8 Å². The molecule has 10 heteroatoms. The van der Waals surface area contributed by atoms with Gasteiger partial charge in [-0.15, -0.1) is 11.3 Å². The van der Waals surface area contributed by atoms with Crippen LogP contribution < -0.4 is 5.01 Å². The number of aryl methyl sites for hydroxylation is 1. The number of thiazole rings is 1. The van der Waals surface area contributed by atoms with E-state index in [4.69, 9.17) is 0 Å². The highest BCUT2D eigenvalue weighted by Gasteiger charge is 2.28. The number of hydrogen-bond acceptors (Lipinski definition) is 7. The fraction of sp³-hybridized carbons (Fsp3) is 0.269. The van der Waals surface area contributed by atoms with E-state index in [-0.39, 0.29) is 10.8 Å². The lowest BCUT2D eigenvalue weighted by molar-refractivity contribution is 0.0987. The average molecular weight is 539 g/mol. The Balaban J connectivity index is 1.45. The number of thiophene rings is 1. The summed E-state index contributed by atoms with van der Waals surface area (Å²) in [6.07, 6.45) is 3.35. The first-order valence-electron chi connectivity index (χ1n) is 11.7. The van der Waals surface area contributed by atoms with Crippen LogP contribution in [0.4, 0.5) is 5.13 Å². The molecule has 0 saturated carbocycles. The summed E-state index contributed by atoms with van der Waals surface area (Å²) in [5.41, 5.74) is 2.24. The van der Waals surface area contributed by atoms with Gasteiger partial charge in [0, 0.05) is 23.5 Å². The molecule has 0 N–H and O–H groups in total. The molecule has 2 aromatic carbocycles. The summed E-state index contributed by atoms with van der Waals surface area (Å²) in [6.45, 7) is 5.19. The van der Waals surface area contributed by atoms with Crippen molar-refractivity contribution >= 4 is 60.2 Å². The molecule has 36 heavy (non-hydrogen) atoms. The van der Waals surface area contributed by atoms with E-state index in [2.05, 4.69) is 17.0 Å². The highest BCUT2D eigenvalue weighted by Crippen LogP contribution is 2.31. The summed E-state index contributed by atoms with van der Waals surface area (Å²) in [4.78, 5) is 19.3. The van der Waals surface area contributed by atoms with Gasteiger partial charge in [0.1, 0.15) is 0 Å². The molecule has 1 fully saturated rings. The van der Waals surface area contributed by atoms with Gasteiger partial charge in [0.2, 0.25) is 15.2 Å². The number of carbonyl (C=O) groups excluding carboxylic acids is 1. The van der Waals surface area contributed by atoms with Crippen molar-refractivity contribution in [3.05, 3.63) is 76.0 Å². The minimum atomic E-state index is -3.59. The Morgan fingerprint density at radius 2 is 1.89 bits per heavy atom. The van der Waals surface area contributed by atoms with Crippen molar-refractivity contribution in [1.82, 2.24) is 9.29 Å². The van der Waals surface area contributed by atoms with Gasteiger partial charge in [-0.1, -0.05) is 30.4 Å². The fourth-order valence-corrected chi connectivity index (χ4v) is 7.11. The van der Waals surface area contributed by atoms with Crippen LogP contribution in [-0.4, -0.2) is 42.9 Å². The van der Waals surface area contributed by atoms with Crippen LogP contribution >= 0.6 is 22.7 Å². The summed E-state index contributed by atoms with van der Waals surface area (Å²) in [6, 6.07) is 15.9. The van der Waals surface area contributed by atoms with Crippen molar-refractivity contribution in [2.24, 2.45) is 11.0 Å². The van der Waals surface area contributed by atoms with Crippen LogP contribution in [0.3, 0.4) is 0 Å². The predicted octanol–water partition coefficient (Wildman–Crippen LogP) is 5.77. The van der Waals surface area contributed by atoms with E-state index in [9.17, 15) is 13.2 Å². The number of nitrogens with zero attached hydrogens (tertiary/aromatic N) is 4. The molecule has 0 atom stereocenters. The van der Waals surface area contributed by atoms with Gasteiger partial charge in [0.05, 0.1) is 21.3 Å². The molecule has 3 heterocycles. The molecule has 0 bridgehead atoms. The van der Waals surface area contributed by atoms with Crippen LogP contribution in [0.1, 0.15) is 40.6 Å². The third-order valence-electron chi connectivity index (χ3n) is 6.23. The molecule has 0 unspecified atom stereocenters. The third kappa shape index (κ3) is 5.12. The number of sulfonamides is 1. The second kappa shape index (κ2) is 10.2. The lowest BCUT2D eigenvalue weighted by atomic mass is 10.0. The lowest BCUT2D eigenvalue weighted by Crippen LogP contribution is -2.37. The quantitative estimate of drug-likeness (QED) is 0.231. The summed E-state index contributed by atoms with van der Waals surface area (Å²) >= 11 is 2.90. The summed E-state index contributed by atoms with van der Waals surface area (Å²) < 4.78 is 28.7. The molecule has 0 radical (unpaired) electrons. The first kappa shape index (κ1) is 24.8. The first-order chi connectivity index (χ1) is 17.3. The van der Waals surface area contributed by atoms with Crippen molar-refractivity contribution in [3.8, 4) is 0 Å². The zero-order valence-corrected chi connectivity index (χ0v) is 22.4. The zero-order valence-electron chi connectivity index (χ0n) is 20.0.